The molecule has 5 N–H and O–H groups in total. The second kappa shape index (κ2) is 9.97. The number of aryl methyl sites for hydroxylation is 1. The van der Waals surface area contributed by atoms with Crippen LogP contribution in [0.5, 0.6) is 0 Å². The molecule has 1 atom stereocenters. The molecule has 2 amide bonds. The molecule has 5 rings (SSSR count). The van der Waals surface area contributed by atoms with Crippen molar-refractivity contribution in [1.82, 2.24) is 20.0 Å². The summed E-state index contributed by atoms with van der Waals surface area (Å²) < 4.78 is 64.6. The van der Waals surface area contributed by atoms with Crippen LogP contribution in [-0.4, -0.2) is 64.8 Å². The number of nitrogen functional groups attached to an aromatic ring is 1. The monoisotopic (exact) mass is 546 g/mol. The van der Waals surface area contributed by atoms with Crippen LogP contribution in [0.4, 0.5) is 23.4 Å². The molecule has 0 aliphatic carbocycles. The predicted octanol–water partition coefficient (Wildman–Crippen LogP) is 2.64. The van der Waals surface area contributed by atoms with Gasteiger partial charge in [0, 0.05) is 29.8 Å². The highest BCUT2D eigenvalue weighted by Crippen LogP contribution is 2.41. The average Bonchev–Trinajstić information content (AvgIpc) is 3.33. The molecule has 3 heterocycles. The number of hydrogen-bond donors (Lipinski definition) is 3. The summed E-state index contributed by atoms with van der Waals surface area (Å²) in [5, 5.41) is 6.74. The Morgan fingerprint density at radius 3 is 2.56 bits per heavy atom. The number of carbonyl (C=O) groups is 2. The van der Waals surface area contributed by atoms with E-state index >= 15 is 4.39 Å². The van der Waals surface area contributed by atoms with E-state index in [-0.39, 0.29) is 52.9 Å². The van der Waals surface area contributed by atoms with Gasteiger partial charge >= 0.3 is 0 Å². The summed E-state index contributed by atoms with van der Waals surface area (Å²) in [5.74, 6) is -6.45. The van der Waals surface area contributed by atoms with Crippen LogP contribution in [0.15, 0.2) is 36.4 Å². The third kappa shape index (κ3) is 4.94. The van der Waals surface area contributed by atoms with E-state index in [1.165, 1.54) is 24.3 Å². The first-order chi connectivity index (χ1) is 18.5. The maximum Gasteiger partial charge on any atom is 0.283 e. The highest BCUT2D eigenvalue weighted by Gasteiger charge is 2.53. The second-order valence-electron chi connectivity index (χ2n) is 9.76. The number of alkyl halides is 2. The number of ether oxygens (including phenoxy) is 1. The molecule has 1 unspecified atom stereocenters. The summed E-state index contributed by atoms with van der Waals surface area (Å²) in [6.45, 7) is 1.55. The summed E-state index contributed by atoms with van der Waals surface area (Å²) >= 11 is 0. The van der Waals surface area contributed by atoms with Crippen LogP contribution in [0.25, 0.3) is 11.3 Å². The minimum Gasteiger partial charge on any atom is -0.383 e. The molecule has 13 heteroatoms. The maximum atomic E-state index is 15.0. The van der Waals surface area contributed by atoms with Crippen LogP contribution in [0.3, 0.4) is 0 Å². The van der Waals surface area contributed by atoms with Crippen LogP contribution >= 0.6 is 0 Å². The average molecular weight is 547 g/mol. The molecule has 2 saturated heterocycles. The number of benzene rings is 2. The number of nitrogens with one attached hydrogen (secondary N) is 1. The molecule has 39 heavy (non-hydrogen) atoms. The molecule has 0 bridgehead atoms. The fourth-order valence-electron chi connectivity index (χ4n) is 4.84. The lowest BCUT2D eigenvalue weighted by molar-refractivity contribution is -0.0728. The zero-order valence-electron chi connectivity index (χ0n) is 20.9. The molecule has 0 spiro atoms. The first-order valence-corrected chi connectivity index (χ1v) is 12.2. The largest absolute Gasteiger partial charge is 0.383 e. The molecule has 2 aliphatic rings. The molecule has 2 aromatic carbocycles. The molecule has 9 nitrogen and oxygen atoms in total. The lowest BCUT2D eigenvalue weighted by atomic mass is 10.0. The number of carbonyl (C=O) groups excluding carboxylic acids is 2. The van der Waals surface area contributed by atoms with Gasteiger partial charge in [-0.1, -0.05) is 18.2 Å². The van der Waals surface area contributed by atoms with Gasteiger partial charge in [0.1, 0.15) is 34.8 Å². The van der Waals surface area contributed by atoms with Crippen LogP contribution in [0.1, 0.15) is 37.9 Å². The smallest absolute Gasteiger partial charge is 0.283 e. The van der Waals surface area contributed by atoms with Crippen molar-refractivity contribution in [2.75, 3.05) is 32.0 Å². The van der Waals surface area contributed by atoms with Gasteiger partial charge in [-0.25, -0.2) is 22.2 Å². The molecule has 3 aromatic rings. The number of aromatic nitrogens is 2. The Morgan fingerprint density at radius 1 is 1.18 bits per heavy atom. The van der Waals surface area contributed by atoms with Crippen molar-refractivity contribution in [3.63, 3.8) is 0 Å². The molecule has 206 valence electrons. The summed E-state index contributed by atoms with van der Waals surface area (Å²) in [4.78, 5) is 26.3. The summed E-state index contributed by atoms with van der Waals surface area (Å²) in [6, 6.07) is 6.00. The standard InChI is InChI=1S/C26H26F4N6O3/c1-13-2-5-16(27)7-18(13)25(38)33-8-15-4-3-14(6-19(15)28)22-21(24(32)37)23(31)36(34-22)20-9-35(12-26(20,29)30)17-10-39-11-17/h2-7,17,20H,8-12,31H2,1H3,(H2,32,37)(H,33,38). The predicted molar refractivity (Wildman–Crippen MR) is 133 cm³/mol. The first-order valence-electron chi connectivity index (χ1n) is 12.2. The van der Waals surface area contributed by atoms with Crippen LogP contribution in [0.2, 0.25) is 0 Å². The Bertz CT molecular complexity index is 1460. The number of amides is 2. The fraction of sp³-hybridized carbons (Fsp3) is 0.346. The summed E-state index contributed by atoms with van der Waals surface area (Å²) in [7, 11) is 0. The highest BCUT2D eigenvalue weighted by molar-refractivity contribution is 6.03. The van der Waals surface area contributed by atoms with Gasteiger partial charge in [-0.05, 0) is 30.7 Å². The zero-order valence-corrected chi connectivity index (χ0v) is 20.9. The normalized spacial score (nSPS) is 19.2. The molecule has 0 saturated carbocycles. The Balaban J connectivity index is 1.40. The number of anilines is 1. The molecule has 2 fully saturated rings. The third-order valence-electron chi connectivity index (χ3n) is 7.15. The highest BCUT2D eigenvalue weighted by atomic mass is 19.3. The van der Waals surface area contributed by atoms with Crippen molar-refractivity contribution in [2.24, 2.45) is 5.73 Å². The zero-order chi connectivity index (χ0) is 28.1. The SMILES string of the molecule is Cc1ccc(F)cc1C(=O)NCc1ccc(-c2nn(C3CN(C4COC4)CC3(F)F)c(N)c2C(N)=O)cc1F. The van der Waals surface area contributed by atoms with Crippen molar-refractivity contribution >= 4 is 17.6 Å². The Hall–Kier alpha value is -3.97. The summed E-state index contributed by atoms with van der Waals surface area (Å²) in [5.41, 5.74) is 12.0. The van der Waals surface area contributed by atoms with Crippen LogP contribution in [0, 0.1) is 18.6 Å². The lowest BCUT2D eigenvalue weighted by Crippen LogP contribution is -2.48. The quantitative estimate of drug-likeness (QED) is 0.391. The van der Waals surface area contributed by atoms with E-state index in [9.17, 15) is 22.8 Å². The van der Waals surface area contributed by atoms with Gasteiger partial charge in [0.15, 0.2) is 0 Å². The van der Waals surface area contributed by atoms with Crippen LogP contribution in [-0.2, 0) is 11.3 Å². The van der Waals surface area contributed by atoms with Crippen molar-refractivity contribution in [2.45, 2.75) is 31.5 Å². The van der Waals surface area contributed by atoms with Gasteiger partial charge in [-0.15, -0.1) is 0 Å². The van der Waals surface area contributed by atoms with E-state index in [0.717, 1.165) is 16.8 Å². The topological polar surface area (TPSA) is 128 Å². The van der Waals surface area contributed by atoms with E-state index in [2.05, 4.69) is 10.4 Å². The number of halogens is 4. The van der Waals surface area contributed by atoms with E-state index in [0.29, 0.717) is 18.8 Å². The van der Waals surface area contributed by atoms with Gasteiger partial charge in [0.25, 0.3) is 17.7 Å². The van der Waals surface area contributed by atoms with Crippen molar-refractivity contribution in [3.05, 3.63) is 70.3 Å². The number of nitrogens with two attached hydrogens (primary N) is 2. The lowest BCUT2D eigenvalue weighted by Gasteiger charge is -2.34. The van der Waals surface area contributed by atoms with Gasteiger partial charge in [-0.2, -0.15) is 5.10 Å². The van der Waals surface area contributed by atoms with Gasteiger partial charge in [0.2, 0.25) is 0 Å². The van der Waals surface area contributed by atoms with E-state index in [4.69, 9.17) is 16.2 Å². The van der Waals surface area contributed by atoms with Gasteiger partial charge in [-0.3, -0.25) is 14.5 Å². The molecule has 2 aliphatic heterocycles. The van der Waals surface area contributed by atoms with E-state index in [1.54, 1.807) is 11.8 Å². The number of likely N-dealkylation sites (tertiary alicyclic amines) is 1. The molecular weight excluding hydrogens is 520 g/mol. The molecular formula is C26H26F4N6O3. The maximum absolute atomic E-state index is 15.0. The Labute approximate surface area is 220 Å². The molecule has 0 radical (unpaired) electrons. The number of hydrogen-bond acceptors (Lipinski definition) is 6. The Kier molecular flexibility index (Phi) is 6.81. The minimum atomic E-state index is -3.20. The second-order valence-corrected chi connectivity index (χ2v) is 9.76. The summed E-state index contributed by atoms with van der Waals surface area (Å²) in [6.07, 6.45) is 0. The molecule has 1 aromatic heterocycles. The van der Waals surface area contributed by atoms with Crippen LogP contribution < -0.4 is 16.8 Å². The van der Waals surface area contributed by atoms with Gasteiger partial charge in [0.05, 0.1) is 25.8 Å². The fourth-order valence-corrected chi connectivity index (χ4v) is 4.84. The minimum absolute atomic E-state index is 0.0671. The Morgan fingerprint density at radius 2 is 1.92 bits per heavy atom. The van der Waals surface area contributed by atoms with E-state index < -0.39 is 42.0 Å². The number of nitrogens with zero attached hydrogens (tertiary/aromatic N) is 3. The first kappa shape index (κ1) is 26.6. The van der Waals surface area contributed by atoms with Crippen molar-refractivity contribution in [3.8, 4) is 11.3 Å². The van der Waals surface area contributed by atoms with E-state index in [1.807, 2.05) is 0 Å². The number of primary amides is 1. The number of rotatable bonds is 7. The van der Waals surface area contributed by atoms with Crippen molar-refractivity contribution in [1.29, 1.82) is 0 Å². The van der Waals surface area contributed by atoms with Gasteiger partial charge < -0.3 is 21.5 Å². The third-order valence-corrected chi connectivity index (χ3v) is 7.15. The van der Waals surface area contributed by atoms with Crippen molar-refractivity contribution < 1.29 is 31.9 Å².